The number of pyridine rings is 1. The molecule has 0 fully saturated rings. The van der Waals surface area contributed by atoms with Crippen LogP contribution in [0.2, 0.25) is 0 Å². The van der Waals surface area contributed by atoms with Crippen LogP contribution in [-0.4, -0.2) is 40.7 Å². The average Bonchev–Trinajstić information content (AvgIpc) is 3.23. The molecule has 0 amide bonds. The summed E-state index contributed by atoms with van der Waals surface area (Å²) in [4.78, 5) is 2.14. The van der Waals surface area contributed by atoms with Crippen molar-refractivity contribution in [2.24, 2.45) is 0 Å². The quantitative estimate of drug-likeness (QED) is 0.499. The number of halogens is 1. The van der Waals surface area contributed by atoms with E-state index in [1.54, 1.807) is 12.4 Å². The minimum atomic E-state index is -0.322. The zero-order chi connectivity index (χ0) is 21.1. The van der Waals surface area contributed by atoms with E-state index in [0.717, 1.165) is 34.7 Å². The van der Waals surface area contributed by atoms with Crippen LogP contribution in [0.3, 0.4) is 0 Å². The number of hydrogen-bond acceptors (Lipinski definition) is 5. The number of anilines is 1. The molecule has 2 heterocycles. The summed E-state index contributed by atoms with van der Waals surface area (Å²) in [5.74, 6) is 1.03. The molecule has 0 unspecified atom stereocenters. The van der Waals surface area contributed by atoms with Gasteiger partial charge in [-0.2, -0.15) is 0 Å². The zero-order valence-corrected chi connectivity index (χ0v) is 17.3. The van der Waals surface area contributed by atoms with Gasteiger partial charge in [-0.25, -0.2) is 4.39 Å². The molecule has 0 radical (unpaired) electrons. The van der Waals surface area contributed by atoms with Gasteiger partial charge in [-0.1, -0.05) is 30.3 Å². The molecule has 0 aliphatic carbocycles. The van der Waals surface area contributed by atoms with E-state index in [-0.39, 0.29) is 5.82 Å². The lowest BCUT2D eigenvalue weighted by Crippen LogP contribution is -2.10. The average molecular weight is 405 g/mol. The van der Waals surface area contributed by atoms with E-state index in [1.165, 1.54) is 24.8 Å². The second kappa shape index (κ2) is 8.51. The van der Waals surface area contributed by atoms with Crippen LogP contribution in [0, 0.1) is 5.82 Å². The highest BCUT2D eigenvalue weighted by Crippen LogP contribution is 2.27. The molecule has 0 saturated heterocycles. The third-order valence-electron chi connectivity index (χ3n) is 4.93. The molecule has 0 aliphatic rings. The molecular formula is C23H24FN5O. The highest BCUT2D eigenvalue weighted by molar-refractivity contribution is 5.79. The Balaban J connectivity index is 1.60. The van der Waals surface area contributed by atoms with Crippen LogP contribution in [0.1, 0.15) is 11.1 Å². The number of fused-ring (bicyclic) bond motifs is 1. The minimum Gasteiger partial charge on any atom is -0.496 e. The Labute approximate surface area is 174 Å². The van der Waals surface area contributed by atoms with Gasteiger partial charge in [0.05, 0.1) is 7.11 Å². The van der Waals surface area contributed by atoms with Crippen molar-refractivity contribution in [1.82, 2.24) is 19.5 Å². The fraction of sp³-hybridized carbons (Fsp3) is 0.217. The van der Waals surface area contributed by atoms with Crippen LogP contribution in [0.15, 0.2) is 60.9 Å². The summed E-state index contributed by atoms with van der Waals surface area (Å²) < 4.78 is 20.6. The van der Waals surface area contributed by atoms with Gasteiger partial charge in [-0.3, -0.25) is 4.40 Å². The zero-order valence-electron chi connectivity index (χ0n) is 17.3. The SMILES string of the molecule is COc1cc(F)ccc1CNc1ccc(-c2ccc(CN(C)C)cc2)c2nncn12. The maximum atomic E-state index is 13.4. The lowest BCUT2D eigenvalue weighted by atomic mass is 10.0. The van der Waals surface area contributed by atoms with E-state index in [1.807, 2.05) is 16.5 Å². The van der Waals surface area contributed by atoms with Crippen molar-refractivity contribution in [2.75, 3.05) is 26.5 Å². The number of benzene rings is 2. The largest absolute Gasteiger partial charge is 0.496 e. The predicted molar refractivity (Wildman–Crippen MR) is 116 cm³/mol. The molecule has 154 valence electrons. The van der Waals surface area contributed by atoms with Crippen molar-refractivity contribution in [2.45, 2.75) is 13.1 Å². The maximum Gasteiger partial charge on any atom is 0.170 e. The third kappa shape index (κ3) is 4.11. The normalized spacial score (nSPS) is 11.2. The first-order valence-corrected chi connectivity index (χ1v) is 9.68. The standard InChI is InChI=1S/C23H24FN5O/c1-28(2)14-16-4-6-17(7-5-16)20-10-11-22(29-15-26-27-23(20)29)25-13-18-8-9-19(24)12-21(18)30-3/h4-12,15,25H,13-14H2,1-3H3. The van der Waals surface area contributed by atoms with Gasteiger partial charge in [0, 0.05) is 30.3 Å². The molecular weight excluding hydrogens is 381 g/mol. The van der Waals surface area contributed by atoms with Gasteiger partial charge in [0.25, 0.3) is 0 Å². The van der Waals surface area contributed by atoms with Gasteiger partial charge >= 0.3 is 0 Å². The fourth-order valence-electron chi connectivity index (χ4n) is 3.49. The van der Waals surface area contributed by atoms with Crippen molar-refractivity contribution in [3.63, 3.8) is 0 Å². The van der Waals surface area contributed by atoms with Gasteiger partial charge in [-0.05, 0) is 43.4 Å². The van der Waals surface area contributed by atoms with E-state index >= 15 is 0 Å². The van der Waals surface area contributed by atoms with E-state index in [4.69, 9.17) is 4.74 Å². The smallest absolute Gasteiger partial charge is 0.170 e. The van der Waals surface area contributed by atoms with Gasteiger partial charge in [0.1, 0.15) is 23.7 Å². The van der Waals surface area contributed by atoms with E-state index in [2.05, 4.69) is 58.8 Å². The Morgan fingerprint density at radius 2 is 1.87 bits per heavy atom. The molecule has 4 rings (SSSR count). The summed E-state index contributed by atoms with van der Waals surface area (Å²) in [6.07, 6.45) is 1.68. The molecule has 0 bridgehead atoms. The fourth-order valence-corrected chi connectivity index (χ4v) is 3.49. The number of methoxy groups -OCH3 is 1. The lowest BCUT2D eigenvalue weighted by Gasteiger charge is -2.14. The van der Waals surface area contributed by atoms with Crippen LogP contribution < -0.4 is 10.1 Å². The highest BCUT2D eigenvalue weighted by atomic mass is 19.1. The Kier molecular flexibility index (Phi) is 5.63. The van der Waals surface area contributed by atoms with E-state index in [9.17, 15) is 4.39 Å². The molecule has 6 nitrogen and oxygen atoms in total. The van der Waals surface area contributed by atoms with Crippen LogP contribution in [0.4, 0.5) is 10.2 Å². The molecule has 4 aromatic rings. The maximum absolute atomic E-state index is 13.4. The van der Waals surface area contributed by atoms with Crippen molar-refractivity contribution in [3.8, 4) is 16.9 Å². The summed E-state index contributed by atoms with van der Waals surface area (Å²) in [6.45, 7) is 1.38. The number of nitrogens with one attached hydrogen (secondary N) is 1. The van der Waals surface area contributed by atoms with Crippen LogP contribution in [0.25, 0.3) is 16.8 Å². The molecule has 2 aromatic carbocycles. The minimum absolute atomic E-state index is 0.322. The number of rotatable bonds is 7. The molecule has 7 heteroatoms. The Morgan fingerprint density at radius 3 is 2.60 bits per heavy atom. The van der Waals surface area contributed by atoms with E-state index < -0.39 is 0 Å². The molecule has 0 aliphatic heterocycles. The summed E-state index contributed by atoms with van der Waals surface area (Å²) >= 11 is 0. The molecule has 0 spiro atoms. The monoisotopic (exact) mass is 405 g/mol. The molecule has 0 atom stereocenters. The van der Waals surface area contributed by atoms with Gasteiger partial charge in [0.2, 0.25) is 0 Å². The van der Waals surface area contributed by atoms with Gasteiger partial charge in [0.15, 0.2) is 5.65 Å². The highest BCUT2D eigenvalue weighted by Gasteiger charge is 2.11. The Morgan fingerprint density at radius 1 is 1.07 bits per heavy atom. The third-order valence-corrected chi connectivity index (χ3v) is 4.93. The van der Waals surface area contributed by atoms with Crippen molar-refractivity contribution in [3.05, 3.63) is 77.9 Å². The summed E-state index contributed by atoms with van der Waals surface area (Å²) in [5, 5.41) is 11.8. The Hall–Kier alpha value is -3.45. The number of hydrogen-bond donors (Lipinski definition) is 1. The van der Waals surface area contributed by atoms with Crippen molar-refractivity contribution in [1.29, 1.82) is 0 Å². The van der Waals surface area contributed by atoms with Crippen LogP contribution in [0.5, 0.6) is 5.75 Å². The Bertz CT molecular complexity index is 1150. The van der Waals surface area contributed by atoms with E-state index in [0.29, 0.717) is 12.3 Å². The first-order chi connectivity index (χ1) is 14.5. The predicted octanol–water partition coefficient (Wildman–Crippen LogP) is 4.22. The van der Waals surface area contributed by atoms with Gasteiger partial charge < -0.3 is 15.0 Å². The first-order valence-electron chi connectivity index (χ1n) is 9.68. The number of nitrogens with zero attached hydrogens (tertiary/aromatic N) is 4. The lowest BCUT2D eigenvalue weighted by molar-refractivity contribution is 0.402. The van der Waals surface area contributed by atoms with Crippen LogP contribution >= 0.6 is 0 Å². The molecule has 2 aromatic heterocycles. The number of aromatic nitrogens is 3. The molecule has 0 saturated carbocycles. The summed E-state index contributed by atoms with van der Waals surface area (Å²) in [7, 11) is 5.65. The second-order valence-electron chi connectivity index (χ2n) is 7.40. The summed E-state index contributed by atoms with van der Waals surface area (Å²) in [6, 6.07) is 17.0. The van der Waals surface area contributed by atoms with Gasteiger partial charge in [-0.15, -0.1) is 10.2 Å². The number of ether oxygens (including phenoxy) is 1. The molecule has 30 heavy (non-hydrogen) atoms. The van der Waals surface area contributed by atoms with Crippen molar-refractivity contribution < 1.29 is 9.13 Å². The van der Waals surface area contributed by atoms with Crippen molar-refractivity contribution >= 4 is 11.5 Å². The second-order valence-corrected chi connectivity index (χ2v) is 7.40. The summed E-state index contributed by atoms with van der Waals surface area (Å²) in [5.41, 5.74) is 4.98. The first kappa shape index (κ1) is 19.8. The molecule has 1 N–H and O–H groups in total. The van der Waals surface area contributed by atoms with Crippen LogP contribution in [-0.2, 0) is 13.1 Å². The topological polar surface area (TPSA) is 54.7 Å².